The van der Waals surface area contributed by atoms with Crippen molar-refractivity contribution in [3.05, 3.63) is 99.8 Å². The van der Waals surface area contributed by atoms with Gasteiger partial charge in [-0.15, -0.1) is 0 Å². The molecule has 0 aliphatic heterocycles. The van der Waals surface area contributed by atoms with E-state index < -0.39 is 40.2 Å². The van der Waals surface area contributed by atoms with Gasteiger partial charge < -0.3 is 10.2 Å². The number of likely N-dealkylation sites (N-methyl/N-ethyl adjacent to an activating group) is 1. The first-order chi connectivity index (χ1) is 17.5. The third-order valence-electron chi connectivity index (χ3n) is 5.65. The number of hydrogen-bond acceptors (Lipinski definition) is 4. The molecule has 0 aliphatic carbocycles. The molecule has 0 saturated carbocycles. The molecule has 11 heteroatoms. The topological polar surface area (TPSA) is 86.8 Å². The number of anilines is 1. The quantitative estimate of drug-likeness (QED) is 0.397. The van der Waals surface area contributed by atoms with E-state index in [1.807, 2.05) is 30.3 Å². The highest BCUT2D eigenvalue weighted by Gasteiger charge is 2.32. The van der Waals surface area contributed by atoms with Crippen LogP contribution in [0.25, 0.3) is 0 Å². The van der Waals surface area contributed by atoms with E-state index in [1.54, 1.807) is 18.2 Å². The van der Waals surface area contributed by atoms with E-state index in [-0.39, 0.29) is 23.7 Å². The Kier molecular flexibility index (Phi) is 9.53. The third-order valence-corrected chi connectivity index (χ3v) is 7.53. The van der Waals surface area contributed by atoms with Crippen LogP contribution >= 0.6 is 23.2 Å². The maximum absolute atomic E-state index is 13.8. The van der Waals surface area contributed by atoms with Gasteiger partial charge >= 0.3 is 0 Å². The van der Waals surface area contributed by atoms with E-state index in [0.717, 1.165) is 28.3 Å². The fourth-order valence-electron chi connectivity index (χ4n) is 3.78. The highest BCUT2D eigenvalue weighted by Crippen LogP contribution is 2.25. The van der Waals surface area contributed by atoms with Crippen LogP contribution in [0.5, 0.6) is 0 Å². The van der Waals surface area contributed by atoms with Crippen molar-refractivity contribution in [1.29, 1.82) is 0 Å². The molecule has 0 fully saturated rings. The van der Waals surface area contributed by atoms with Gasteiger partial charge in [-0.25, -0.2) is 12.8 Å². The molecule has 196 valence electrons. The van der Waals surface area contributed by atoms with E-state index in [4.69, 9.17) is 23.2 Å². The minimum atomic E-state index is -3.93. The molecule has 0 radical (unpaired) electrons. The zero-order chi connectivity index (χ0) is 27.2. The second kappa shape index (κ2) is 12.4. The molecular weight excluding hydrogens is 540 g/mol. The van der Waals surface area contributed by atoms with Gasteiger partial charge in [-0.05, 0) is 47.5 Å². The predicted molar refractivity (Wildman–Crippen MR) is 144 cm³/mol. The number of hydrogen-bond donors (Lipinski definition) is 1. The molecular formula is C26H26Cl2FN3O4S. The van der Waals surface area contributed by atoms with Crippen LogP contribution in [0.2, 0.25) is 10.0 Å². The van der Waals surface area contributed by atoms with Gasteiger partial charge in [-0.2, -0.15) is 0 Å². The molecule has 0 bridgehead atoms. The molecule has 37 heavy (non-hydrogen) atoms. The smallest absolute Gasteiger partial charge is 0.244 e. The van der Waals surface area contributed by atoms with Crippen molar-refractivity contribution in [2.24, 2.45) is 0 Å². The zero-order valence-electron chi connectivity index (χ0n) is 20.2. The van der Waals surface area contributed by atoms with Gasteiger partial charge in [-0.3, -0.25) is 13.9 Å². The normalized spacial score (nSPS) is 12.0. The monoisotopic (exact) mass is 565 g/mol. The summed E-state index contributed by atoms with van der Waals surface area (Å²) >= 11 is 12.2. The summed E-state index contributed by atoms with van der Waals surface area (Å²) in [5.74, 6) is -1.61. The Morgan fingerprint density at radius 3 is 2.16 bits per heavy atom. The minimum absolute atomic E-state index is 0.0400. The van der Waals surface area contributed by atoms with Crippen LogP contribution in [0, 0.1) is 5.82 Å². The van der Waals surface area contributed by atoms with Crippen LogP contribution in [0.1, 0.15) is 11.1 Å². The van der Waals surface area contributed by atoms with Gasteiger partial charge in [-0.1, -0.05) is 59.6 Å². The lowest BCUT2D eigenvalue weighted by Gasteiger charge is -2.33. The average Bonchev–Trinajstić information content (AvgIpc) is 2.86. The molecule has 0 heterocycles. The van der Waals surface area contributed by atoms with Crippen molar-refractivity contribution < 1.29 is 22.4 Å². The molecule has 3 aromatic rings. The summed E-state index contributed by atoms with van der Waals surface area (Å²) < 4.78 is 39.6. The van der Waals surface area contributed by atoms with Crippen molar-refractivity contribution in [2.45, 2.75) is 19.0 Å². The molecule has 0 unspecified atom stereocenters. The molecule has 1 N–H and O–H groups in total. The lowest BCUT2D eigenvalue weighted by molar-refractivity contribution is -0.139. The Morgan fingerprint density at radius 1 is 0.946 bits per heavy atom. The van der Waals surface area contributed by atoms with Gasteiger partial charge in [0, 0.05) is 20.0 Å². The van der Waals surface area contributed by atoms with Crippen molar-refractivity contribution >= 4 is 50.7 Å². The molecule has 3 aromatic carbocycles. The largest absolute Gasteiger partial charge is 0.357 e. The second-order valence-electron chi connectivity index (χ2n) is 8.34. The molecule has 3 rings (SSSR count). The first kappa shape index (κ1) is 28.4. The van der Waals surface area contributed by atoms with Crippen LogP contribution in [0.4, 0.5) is 10.1 Å². The van der Waals surface area contributed by atoms with Gasteiger partial charge in [0.1, 0.15) is 18.4 Å². The van der Waals surface area contributed by atoms with E-state index in [2.05, 4.69) is 5.32 Å². The summed E-state index contributed by atoms with van der Waals surface area (Å²) in [6.45, 7) is -0.643. The number of rotatable bonds is 10. The Bertz CT molecular complexity index is 1360. The highest BCUT2D eigenvalue weighted by atomic mass is 35.5. The molecule has 1 atom stereocenters. The molecule has 0 saturated heterocycles. The van der Waals surface area contributed by atoms with Gasteiger partial charge in [0.05, 0.1) is 22.0 Å². The molecule has 7 nitrogen and oxygen atoms in total. The third kappa shape index (κ3) is 7.67. The summed E-state index contributed by atoms with van der Waals surface area (Å²) in [6, 6.07) is 17.8. The maximum Gasteiger partial charge on any atom is 0.244 e. The van der Waals surface area contributed by atoms with Gasteiger partial charge in [0.15, 0.2) is 0 Å². The lowest BCUT2D eigenvalue weighted by atomic mass is 10.0. The fraction of sp³-hybridized carbons (Fsp3) is 0.231. The van der Waals surface area contributed by atoms with Crippen LogP contribution in [0.3, 0.4) is 0 Å². The first-order valence-electron chi connectivity index (χ1n) is 11.2. The van der Waals surface area contributed by atoms with Gasteiger partial charge in [0.25, 0.3) is 0 Å². The number of nitrogens with zero attached hydrogens (tertiary/aromatic N) is 2. The number of carbonyl (C=O) groups excluding carboxylic acids is 2. The van der Waals surface area contributed by atoms with E-state index >= 15 is 0 Å². The Labute approximate surface area is 225 Å². The molecule has 2 amide bonds. The van der Waals surface area contributed by atoms with E-state index in [9.17, 15) is 22.4 Å². The Hall–Kier alpha value is -3.14. The summed E-state index contributed by atoms with van der Waals surface area (Å²) in [5.41, 5.74) is 1.52. The number of halogens is 3. The summed E-state index contributed by atoms with van der Waals surface area (Å²) in [5, 5.41) is 3.20. The summed E-state index contributed by atoms with van der Waals surface area (Å²) in [4.78, 5) is 28.1. The predicted octanol–water partition coefficient (Wildman–Crippen LogP) is 4.28. The molecule has 0 aromatic heterocycles. The Balaban J connectivity index is 2.03. The fourth-order valence-corrected chi connectivity index (χ4v) is 4.95. The molecule has 0 aliphatic rings. The molecule has 0 spiro atoms. The number of benzene rings is 3. The summed E-state index contributed by atoms with van der Waals surface area (Å²) in [6.07, 6.45) is 1.14. The maximum atomic E-state index is 13.8. The van der Waals surface area contributed by atoms with Gasteiger partial charge in [0.2, 0.25) is 21.8 Å². The van der Waals surface area contributed by atoms with Crippen molar-refractivity contribution in [2.75, 3.05) is 24.2 Å². The van der Waals surface area contributed by atoms with Crippen LogP contribution in [-0.4, -0.2) is 51.0 Å². The van der Waals surface area contributed by atoms with Crippen molar-refractivity contribution in [1.82, 2.24) is 10.2 Å². The lowest BCUT2D eigenvalue weighted by Crippen LogP contribution is -2.52. The van der Waals surface area contributed by atoms with Crippen LogP contribution < -0.4 is 9.62 Å². The standard InChI is InChI=1S/C26H26Cl2FN3O4S/c1-30-26(34)24(15-18-6-4-3-5-7-18)31(16-19-8-13-22(27)23(28)14-19)25(33)17-32(37(2,35)36)21-11-9-20(29)10-12-21/h3-14,24H,15-17H2,1-2H3,(H,30,34)/t24-/m1/s1. The van der Waals surface area contributed by atoms with Crippen LogP contribution in [0.15, 0.2) is 72.8 Å². The minimum Gasteiger partial charge on any atom is -0.357 e. The SMILES string of the molecule is CNC(=O)[C@@H](Cc1ccccc1)N(Cc1ccc(Cl)c(Cl)c1)C(=O)CN(c1ccc(F)cc1)S(C)(=O)=O. The van der Waals surface area contributed by atoms with E-state index in [1.165, 1.54) is 24.1 Å². The number of nitrogens with one attached hydrogen (secondary N) is 1. The van der Waals surface area contributed by atoms with Crippen molar-refractivity contribution in [3.63, 3.8) is 0 Å². The Morgan fingerprint density at radius 2 is 1.59 bits per heavy atom. The van der Waals surface area contributed by atoms with Crippen LogP contribution in [-0.2, 0) is 32.6 Å². The zero-order valence-corrected chi connectivity index (χ0v) is 22.5. The number of carbonyl (C=O) groups is 2. The first-order valence-corrected chi connectivity index (χ1v) is 13.8. The second-order valence-corrected chi connectivity index (χ2v) is 11.1. The number of amides is 2. The highest BCUT2D eigenvalue weighted by molar-refractivity contribution is 7.92. The van der Waals surface area contributed by atoms with E-state index in [0.29, 0.717) is 10.6 Å². The average molecular weight is 566 g/mol. The summed E-state index contributed by atoms with van der Waals surface area (Å²) in [7, 11) is -2.47. The number of sulfonamides is 1. The van der Waals surface area contributed by atoms with Crippen molar-refractivity contribution in [3.8, 4) is 0 Å².